The zero-order valence-corrected chi connectivity index (χ0v) is 16.4. The van der Waals surface area contributed by atoms with Gasteiger partial charge in [-0.15, -0.1) is 0 Å². The first kappa shape index (κ1) is 20.8. The quantitative estimate of drug-likeness (QED) is 0.401. The maximum Gasteiger partial charge on any atom is 0.321 e. The van der Waals surface area contributed by atoms with Gasteiger partial charge >= 0.3 is 12.1 Å². The Labute approximate surface area is 181 Å². The van der Waals surface area contributed by atoms with Gasteiger partial charge in [0.2, 0.25) is 5.66 Å². The molecule has 162 valence electrons. The number of carbonyl (C=O) groups excluding carboxylic acids is 3. The fourth-order valence-electron chi connectivity index (χ4n) is 3.27. The monoisotopic (exact) mass is 437 g/mol. The summed E-state index contributed by atoms with van der Waals surface area (Å²) in [6.45, 7) is 0. The zero-order valence-electron chi connectivity index (χ0n) is 16.4. The van der Waals surface area contributed by atoms with E-state index in [4.69, 9.17) is 0 Å². The molecule has 0 bridgehead atoms. The molecule has 0 saturated carbocycles. The van der Waals surface area contributed by atoms with Crippen molar-refractivity contribution >= 4 is 35.0 Å². The minimum absolute atomic E-state index is 0.279. The van der Waals surface area contributed by atoms with Gasteiger partial charge in [-0.2, -0.15) is 0 Å². The third kappa shape index (κ3) is 4.19. The highest BCUT2D eigenvalue weighted by molar-refractivity contribution is 6.10. The summed E-state index contributed by atoms with van der Waals surface area (Å²) in [5, 5.41) is 12.6. The number of anilines is 3. The van der Waals surface area contributed by atoms with Crippen molar-refractivity contribution in [2.24, 2.45) is 0 Å². The molecule has 0 unspecified atom stereocenters. The molecule has 0 spiro atoms. The average Bonchev–Trinajstić information content (AvgIpc) is 3.02. The molecule has 3 aromatic carbocycles. The molecule has 32 heavy (non-hydrogen) atoms. The van der Waals surface area contributed by atoms with Crippen molar-refractivity contribution in [2.45, 2.75) is 5.66 Å². The van der Waals surface area contributed by atoms with Crippen molar-refractivity contribution in [1.29, 1.82) is 0 Å². The lowest BCUT2D eigenvalue weighted by Crippen LogP contribution is -2.63. The second-order valence-electron chi connectivity index (χ2n) is 6.92. The van der Waals surface area contributed by atoms with E-state index >= 15 is 0 Å². The topological polar surface area (TPSA) is 111 Å². The van der Waals surface area contributed by atoms with Gasteiger partial charge < -0.3 is 26.6 Å². The first-order chi connectivity index (χ1) is 15.4. The second kappa shape index (κ2) is 8.34. The number of urea groups is 2. The molecule has 0 aromatic heterocycles. The van der Waals surface area contributed by atoms with E-state index in [-0.39, 0.29) is 11.4 Å². The SMILES string of the molecule is O=C(Nc1ccc(F)cc1)NC1(NC(=O)Nc2ccc(F)cc2)C(=O)Nc2ccccc21. The van der Waals surface area contributed by atoms with Crippen LogP contribution in [-0.4, -0.2) is 18.0 Å². The van der Waals surface area contributed by atoms with E-state index in [9.17, 15) is 23.2 Å². The van der Waals surface area contributed by atoms with E-state index in [0.29, 0.717) is 11.3 Å². The normalized spacial score (nSPS) is 13.5. The van der Waals surface area contributed by atoms with Crippen molar-refractivity contribution in [2.75, 3.05) is 16.0 Å². The zero-order chi connectivity index (χ0) is 22.7. The molecule has 0 atom stereocenters. The van der Waals surface area contributed by atoms with Crippen LogP contribution in [0.3, 0.4) is 0 Å². The average molecular weight is 437 g/mol. The Balaban J connectivity index is 1.59. The van der Waals surface area contributed by atoms with Crippen LogP contribution in [0.25, 0.3) is 0 Å². The van der Waals surface area contributed by atoms with Crippen LogP contribution >= 0.6 is 0 Å². The van der Waals surface area contributed by atoms with E-state index in [2.05, 4.69) is 26.6 Å². The second-order valence-corrected chi connectivity index (χ2v) is 6.92. The van der Waals surface area contributed by atoms with Crippen molar-refractivity contribution in [3.63, 3.8) is 0 Å². The van der Waals surface area contributed by atoms with E-state index < -0.39 is 35.3 Å². The summed E-state index contributed by atoms with van der Waals surface area (Å²) < 4.78 is 26.2. The lowest BCUT2D eigenvalue weighted by Gasteiger charge is -2.30. The minimum atomic E-state index is -1.94. The molecule has 0 fully saturated rings. The molecule has 1 heterocycles. The standard InChI is InChI=1S/C22H17F2N5O3/c23-13-5-9-15(10-6-13)25-20(31)28-22(17-3-1-2-4-18(17)27-19(22)30)29-21(32)26-16-11-7-14(24)8-12-16/h1-12H,(H,27,30)(H2,25,28,31)(H2,26,29,32). The van der Waals surface area contributed by atoms with Gasteiger partial charge in [0.15, 0.2) is 0 Å². The third-order valence-corrected chi connectivity index (χ3v) is 4.73. The molecule has 0 saturated heterocycles. The molecular formula is C22H17F2N5O3. The molecule has 5 amide bonds. The molecule has 10 heteroatoms. The maximum absolute atomic E-state index is 13.1. The number of nitrogens with one attached hydrogen (secondary N) is 5. The highest BCUT2D eigenvalue weighted by Crippen LogP contribution is 2.34. The molecule has 0 aliphatic carbocycles. The van der Waals surface area contributed by atoms with Gasteiger partial charge in [0, 0.05) is 22.6 Å². The van der Waals surface area contributed by atoms with E-state index in [1.165, 1.54) is 24.3 Å². The van der Waals surface area contributed by atoms with Gasteiger partial charge in [0.05, 0.1) is 0 Å². The van der Waals surface area contributed by atoms with Crippen molar-refractivity contribution in [1.82, 2.24) is 10.6 Å². The Morgan fingerprint density at radius 2 is 1.19 bits per heavy atom. The number of para-hydroxylation sites is 1. The van der Waals surface area contributed by atoms with E-state index in [1.54, 1.807) is 24.3 Å². The molecule has 0 radical (unpaired) electrons. The fraction of sp³-hybridized carbons (Fsp3) is 0.0455. The molecule has 4 rings (SSSR count). The molecular weight excluding hydrogens is 420 g/mol. The summed E-state index contributed by atoms with van der Waals surface area (Å²) in [5.41, 5.74) is -0.664. The number of amides is 5. The van der Waals surface area contributed by atoms with Crippen LogP contribution in [-0.2, 0) is 10.5 Å². The Bertz CT molecular complexity index is 1120. The lowest BCUT2D eigenvalue weighted by atomic mass is 10.0. The predicted molar refractivity (Wildman–Crippen MR) is 114 cm³/mol. The van der Waals surface area contributed by atoms with Crippen LogP contribution in [0.4, 0.5) is 35.4 Å². The van der Waals surface area contributed by atoms with Crippen LogP contribution in [0.15, 0.2) is 72.8 Å². The summed E-state index contributed by atoms with van der Waals surface area (Å²) in [6, 6.07) is 14.9. The molecule has 1 aliphatic heterocycles. The summed E-state index contributed by atoms with van der Waals surface area (Å²) >= 11 is 0. The van der Waals surface area contributed by atoms with Gasteiger partial charge in [-0.1, -0.05) is 18.2 Å². The smallest absolute Gasteiger partial charge is 0.321 e. The third-order valence-electron chi connectivity index (χ3n) is 4.73. The lowest BCUT2D eigenvalue weighted by molar-refractivity contribution is -0.122. The van der Waals surface area contributed by atoms with Crippen LogP contribution in [0.1, 0.15) is 5.56 Å². The van der Waals surface area contributed by atoms with Gasteiger partial charge in [-0.3, -0.25) is 4.79 Å². The number of hydrogen-bond acceptors (Lipinski definition) is 3. The van der Waals surface area contributed by atoms with E-state index in [0.717, 1.165) is 24.3 Å². The van der Waals surface area contributed by atoms with Gasteiger partial charge in [-0.05, 0) is 54.6 Å². The first-order valence-corrected chi connectivity index (χ1v) is 9.46. The first-order valence-electron chi connectivity index (χ1n) is 9.46. The number of halogens is 2. The number of hydrogen-bond donors (Lipinski definition) is 5. The predicted octanol–water partition coefficient (Wildman–Crippen LogP) is 3.71. The number of fused-ring (bicyclic) bond motifs is 1. The van der Waals surface area contributed by atoms with Crippen molar-refractivity contribution < 1.29 is 23.2 Å². The number of rotatable bonds is 4. The fourth-order valence-corrected chi connectivity index (χ4v) is 3.27. The minimum Gasteiger partial charge on any atom is -0.322 e. The molecule has 5 N–H and O–H groups in total. The molecule has 3 aromatic rings. The Kier molecular flexibility index (Phi) is 5.42. The number of carbonyl (C=O) groups is 3. The molecule has 1 aliphatic rings. The highest BCUT2D eigenvalue weighted by Gasteiger charge is 2.49. The summed E-state index contributed by atoms with van der Waals surface area (Å²) in [7, 11) is 0. The highest BCUT2D eigenvalue weighted by atomic mass is 19.1. The molecule has 8 nitrogen and oxygen atoms in total. The number of benzene rings is 3. The van der Waals surface area contributed by atoms with Crippen molar-refractivity contribution in [3.8, 4) is 0 Å². The van der Waals surface area contributed by atoms with E-state index in [1.807, 2.05) is 0 Å². The van der Waals surface area contributed by atoms with Crippen LogP contribution in [0, 0.1) is 11.6 Å². The van der Waals surface area contributed by atoms with Gasteiger partial charge in [-0.25, -0.2) is 18.4 Å². The Morgan fingerprint density at radius 3 is 1.69 bits per heavy atom. The largest absolute Gasteiger partial charge is 0.322 e. The van der Waals surface area contributed by atoms with Crippen LogP contribution in [0.2, 0.25) is 0 Å². The Hall–Kier alpha value is -4.47. The van der Waals surface area contributed by atoms with Gasteiger partial charge in [0.25, 0.3) is 5.91 Å². The summed E-state index contributed by atoms with van der Waals surface area (Å²) in [4.78, 5) is 38.3. The maximum atomic E-state index is 13.1. The van der Waals surface area contributed by atoms with Gasteiger partial charge in [0.1, 0.15) is 11.6 Å². The Morgan fingerprint density at radius 1 is 0.719 bits per heavy atom. The van der Waals surface area contributed by atoms with Crippen LogP contribution < -0.4 is 26.6 Å². The summed E-state index contributed by atoms with van der Waals surface area (Å²) in [6.07, 6.45) is 0. The van der Waals surface area contributed by atoms with Crippen molar-refractivity contribution in [3.05, 3.63) is 90.0 Å². The summed E-state index contributed by atoms with van der Waals surface area (Å²) in [5.74, 6) is -1.64. The van der Waals surface area contributed by atoms with Crippen LogP contribution in [0.5, 0.6) is 0 Å².